The maximum Gasteiger partial charge on any atom is 0.230 e. The molecule has 0 saturated carbocycles. The summed E-state index contributed by atoms with van der Waals surface area (Å²) in [6, 6.07) is 6.74. The lowest BCUT2D eigenvalue weighted by atomic mass is 10.1. The third-order valence-electron chi connectivity index (χ3n) is 2.07. The van der Waals surface area contributed by atoms with Gasteiger partial charge >= 0.3 is 0 Å². The first-order valence-corrected chi connectivity index (χ1v) is 5.02. The number of rotatable bonds is 1. The normalized spacial score (nSPS) is 10.6. The molecule has 5 heteroatoms. The second-order valence-electron chi connectivity index (χ2n) is 3.14. The largest absolute Gasteiger partial charge is 0.492 e. The summed E-state index contributed by atoms with van der Waals surface area (Å²) in [4.78, 5) is 0. The smallest absolute Gasteiger partial charge is 0.230 e. The highest BCUT2D eigenvalue weighted by Crippen LogP contribution is 2.31. The summed E-state index contributed by atoms with van der Waals surface area (Å²) in [6.45, 7) is 0. The molecule has 1 heterocycles. The van der Waals surface area contributed by atoms with Crippen LogP contribution in [0, 0.1) is 0 Å². The van der Waals surface area contributed by atoms with Gasteiger partial charge in [-0.1, -0.05) is 23.2 Å². The molecule has 0 bridgehead atoms. The van der Waals surface area contributed by atoms with E-state index in [0.717, 1.165) is 11.3 Å². The fourth-order valence-corrected chi connectivity index (χ4v) is 1.91. The number of halogens is 2. The Bertz CT molecular complexity index is 508. The highest BCUT2D eigenvalue weighted by molar-refractivity contribution is 6.36. The first-order chi connectivity index (χ1) is 7.08. The van der Waals surface area contributed by atoms with Crippen molar-refractivity contribution in [2.75, 3.05) is 0 Å². The van der Waals surface area contributed by atoms with Gasteiger partial charge in [0.15, 0.2) is 0 Å². The molecule has 0 unspecified atom stereocenters. The lowest BCUT2D eigenvalue weighted by Crippen LogP contribution is -1.93. The van der Waals surface area contributed by atoms with Crippen LogP contribution >= 0.6 is 23.2 Å². The Morgan fingerprint density at radius 3 is 2.53 bits per heavy atom. The molecule has 0 atom stereocenters. The van der Waals surface area contributed by atoms with Crippen molar-refractivity contribution in [3.8, 4) is 17.1 Å². The minimum Gasteiger partial charge on any atom is -0.492 e. The zero-order valence-electron chi connectivity index (χ0n) is 7.91. The van der Waals surface area contributed by atoms with Crippen molar-refractivity contribution in [1.29, 1.82) is 0 Å². The molecular formula is C10H8Cl2N2O. The number of hydrogen-bond donors (Lipinski definition) is 1. The van der Waals surface area contributed by atoms with Crippen LogP contribution in [0.3, 0.4) is 0 Å². The number of aromatic hydroxyl groups is 1. The Kier molecular flexibility index (Phi) is 2.59. The van der Waals surface area contributed by atoms with E-state index in [4.69, 9.17) is 23.2 Å². The van der Waals surface area contributed by atoms with Crippen molar-refractivity contribution >= 4 is 23.2 Å². The molecule has 0 aliphatic rings. The van der Waals surface area contributed by atoms with Crippen molar-refractivity contribution in [1.82, 2.24) is 9.78 Å². The Balaban J connectivity index is 2.59. The quantitative estimate of drug-likeness (QED) is 0.835. The molecule has 0 saturated heterocycles. The third kappa shape index (κ3) is 1.94. The number of benzene rings is 1. The van der Waals surface area contributed by atoms with E-state index in [-0.39, 0.29) is 5.88 Å². The fraction of sp³-hybridized carbons (Fsp3) is 0.100. The van der Waals surface area contributed by atoms with Crippen molar-refractivity contribution in [3.05, 3.63) is 34.3 Å². The van der Waals surface area contributed by atoms with Gasteiger partial charge < -0.3 is 5.11 Å². The van der Waals surface area contributed by atoms with E-state index in [2.05, 4.69) is 5.10 Å². The van der Waals surface area contributed by atoms with Crippen LogP contribution in [-0.2, 0) is 7.05 Å². The van der Waals surface area contributed by atoms with Crippen LogP contribution in [0.25, 0.3) is 11.3 Å². The van der Waals surface area contributed by atoms with Crippen molar-refractivity contribution in [2.45, 2.75) is 0 Å². The first-order valence-electron chi connectivity index (χ1n) is 4.26. The van der Waals surface area contributed by atoms with Crippen LogP contribution in [0.5, 0.6) is 5.88 Å². The topological polar surface area (TPSA) is 38.0 Å². The van der Waals surface area contributed by atoms with Crippen LogP contribution in [0.4, 0.5) is 0 Å². The van der Waals surface area contributed by atoms with Gasteiger partial charge in [0.05, 0.1) is 10.7 Å². The summed E-state index contributed by atoms with van der Waals surface area (Å²) in [5.41, 5.74) is 1.53. The van der Waals surface area contributed by atoms with E-state index in [9.17, 15) is 5.11 Å². The predicted octanol–water partition coefficient (Wildman–Crippen LogP) is 3.10. The monoisotopic (exact) mass is 242 g/mol. The summed E-state index contributed by atoms with van der Waals surface area (Å²) in [6.07, 6.45) is 0. The maximum absolute atomic E-state index is 9.24. The second-order valence-corrected chi connectivity index (χ2v) is 3.98. The first kappa shape index (κ1) is 10.3. The molecule has 0 amide bonds. The van der Waals surface area contributed by atoms with E-state index >= 15 is 0 Å². The third-order valence-corrected chi connectivity index (χ3v) is 2.62. The number of aromatic nitrogens is 2. The van der Waals surface area contributed by atoms with Gasteiger partial charge in [-0.2, -0.15) is 0 Å². The second kappa shape index (κ2) is 3.76. The van der Waals surface area contributed by atoms with Crippen LogP contribution in [-0.4, -0.2) is 14.9 Å². The van der Waals surface area contributed by atoms with Crippen LogP contribution in [0.1, 0.15) is 0 Å². The average molecular weight is 243 g/mol. The predicted molar refractivity (Wildman–Crippen MR) is 60.3 cm³/mol. The van der Waals surface area contributed by atoms with Gasteiger partial charge in [-0.15, -0.1) is 5.10 Å². The number of aryl methyl sites for hydroxylation is 1. The molecule has 3 nitrogen and oxygen atoms in total. The zero-order chi connectivity index (χ0) is 11.0. The maximum atomic E-state index is 9.24. The Labute approximate surface area is 96.9 Å². The number of hydrogen-bond acceptors (Lipinski definition) is 2. The molecule has 15 heavy (non-hydrogen) atoms. The van der Waals surface area contributed by atoms with E-state index < -0.39 is 0 Å². The fourth-order valence-electron chi connectivity index (χ4n) is 1.40. The molecular weight excluding hydrogens is 235 g/mol. The van der Waals surface area contributed by atoms with E-state index in [1.807, 2.05) is 0 Å². The zero-order valence-corrected chi connectivity index (χ0v) is 9.42. The van der Waals surface area contributed by atoms with Gasteiger partial charge in [-0.25, -0.2) is 0 Å². The highest BCUT2D eigenvalue weighted by atomic mass is 35.5. The molecule has 1 aromatic heterocycles. The summed E-state index contributed by atoms with van der Waals surface area (Å²) in [5, 5.41) is 14.2. The standard InChI is InChI=1S/C10H8Cl2N2O/c1-14-9(5-10(15)13-14)7-3-2-6(11)4-8(7)12/h2-5H,1H3,(H,13,15). The summed E-state index contributed by atoms with van der Waals surface area (Å²) in [7, 11) is 1.74. The van der Waals surface area contributed by atoms with E-state index in [1.54, 1.807) is 36.0 Å². The molecule has 78 valence electrons. The van der Waals surface area contributed by atoms with Gasteiger partial charge in [0.25, 0.3) is 0 Å². The van der Waals surface area contributed by atoms with Gasteiger partial charge in [-0.3, -0.25) is 4.68 Å². The molecule has 0 radical (unpaired) electrons. The number of nitrogens with zero attached hydrogens (tertiary/aromatic N) is 2. The van der Waals surface area contributed by atoms with Crippen molar-refractivity contribution < 1.29 is 5.11 Å². The molecule has 0 spiro atoms. The summed E-state index contributed by atoms with van der Waals surface area (Å²) >= 11 is 11.8. The molecule has 1 aromatic carbocycles. The average Bonchev–Trinajstić information content (AvgIpc) is 2.45. The Morgan fingerprint density at radius 2 is 2.00 bits per heavy atom. The van der Waals surface area contributed by atoms with Crippen molar-refractivity contribution in [2.24, 2.45) is 7.05 Å². The molecule has 1 N–H and O–H groups in total. The van der Waals surface area contributed by atoms with Crippen LogP contribution in [0.15, 0.2) is 24.3 Å². The highest BCUT2D eigenvalue weighted by Gasteiger charge is 2.10. The lowest BCUT2D eigenvalue weighted by Gasteiger charge is -2.04. The van der Waals surface area contributed by atoms with Crippen LogP contribution in [0.2, 0.25) is 10.0 Å². The van der Waals surface area contributed by atoms with Crippen LogP contribution < -0.4 is 0 Å². The van der Waals surface area contributed by atoms with Gasteiger partial charge in [-0.05, 0) is 18.2 Å². The van der Waals surface area contributed by atoms with Crippen molar-refractivity contribution in [3.63, 3.8) is 0 Å². The minimum absolute atomic E-state index is 0.0292. The molecule has 0 aliphatic carbocycles. The van der Waals surface area contributed by atoms with E-state index in [0.29, 0.717) is 10.0 Å². The Hall–Kier alpha value is -1.19. The SMILES string of the molecule is Cn1nc(O)cc1-c1ccc(Cl)cc1Cl. The minimum atomic E-state index is -0.0292. The Morgan fingerprint density at radius 1 is 1.27 bits per heavy atom. The van der Waals surface area contributed by atoms with E-state index in [1.165, 1.54) is 0 Å². The molecule has 2 aromatic rings. The molecule has 0 fully saturated rings. The van der Waals surface area contributed by atoms with Gasteiger partial charge in [0.1, 0.15) is 0 Å². The molecule has 0 aliphatic heterocycles. The molecule has 2 rings (SSSR count). The van der Waals surface area contributed by atoms with Gasteiger partial charge in [0.2, 0.25) is 5.88 Å². The summed E-state index contributed by atoms with van der Waals surface area (Å²) < 4.78 is 1.56. The lowest BCUT2D eigenvalue weighted by molar-refractivity contribution is 0.444. The van der Waals surface area contributed by atoms with Gasteiger partial charge in [0, 0.05) is 23.7 Å². The summed E-state index contributed by atoms with van der Waals surface area (Å²) in [5.74, 6) is -0.0292.